The fourth-order valence-electron chi connectivity index (χ4n) is 5.93. The third-order valence-corrected chi connectivity index (χ3v) is 9.15. The number of carbonyl (C=O) groups is 2. The number of hydrogen-bond donors (Lipinski definition) is 2. The van der Waals surface area contributed by atoms with Gasteiger partial charge < -0.3 is 19.7 Å². The van der Waals surface area contributed by atoms with Crippen LogP contribution in [0.1, 0.15) is 80.5 Å². The third kappa shape index (κ3) is 3.83. The fourth-order valence-corrected chi connectivity index (χ4v) is 7.28. The van der Waals surface area contributed by atoms with Crippen molar-refractivity contribution in [3.8, 4) is 11.5 Å². The molecular formula is C25H29N3O5S. The Labute approximate surface area is 201 Å². The minimum atomic E-state index is -1.36. The van der Waals surface area contributed by atoms with Crippen molar-refractivity contribution in [1.29, 1.82) is 0 Å². The van der Waals surface area contributed by atoms with Crippen LogP contribution in [0.3, 0.4) is 0 Å². The molecular weight excluding hydrogens is 454 g/mol. The molecule has 1 amide bonds. The van der Waals surface area contributed by atoms with Crippen LogP contribution in [-0.4, -0.2) is 27.3 Å². The second kappa shape index (κ2) is 8.52. The molecule has 1 atom stereocenters. The summed E-state index contributed by atoms with van der Waals surface area (Å²) in [5.41, 5.74) is 2.56. The van der Waals surface area contributed by atoms with Gasteiger partial charge in [-0.2, -0.15) is 4.98 Å². The van der Waals surface area contributed by atoms with E-state index in [-0.39, 0.29) is 17.7 Å². The number of thiophene rings is 1. The summed E-state index contributed by atoms with van der Waals surface area (Å²) in [4.78, 5) is 30.9. The van der Waals surface area contributed by atoms with E-state index in [1.165, 1.54) is 10.4 Å². The molecule has 2 fully saturated rings. The van der Waals surface area contributed by atoms with Crippen molar-refractivity contribution in [3.63, 3.8) is 0 Å². The zero-order valence-electron chi connectivity index (χ0n) is 19.3. The van der Waals surface area contributed by atoms with Gasteiger partial charge >= 0.3 is 6.16 Å². The molecule has 180 valence electrons. The van der Waals surface area contributed by atoms with Crippen LogP contribution in [0.2, 0.25) is 0 Å². The highest BCUT2D eigenvalue weighted by Gasteiger charge is 2.41. The molecule has 0 spiro atoms. The van der Waals surface area contributed by atoms with Crippen LogP contribution in [0.5, 0.6) is 0 Å². The fraction of sp³-hybridized carbons (Fsp3) is 0.600. The number of hydrogen-bond acceptors (Lipinski definition) is 7. The van der Waals surface area contributed by atoms with Crippen molar-refractivity contribution in [1.82, 2.24) is 10.1 Å². The minimum Gasteiger partial charge on any atom is -0.449 e. The van der Waals surface area contributed by atoms with Crippen molar-refractivity contribution >= 4 is 28.4 Å². The molecule has 5 aliphatic carbocycles. The monoisotopic (exact) mass is 483 g/mol. The summed E-state index contributed by atoms with van der Waals surface area (Å²) in [5.74, 6) is 2.36. The first-order chi connectivity index (χ1) is 16.5. The molecule has 0 aliphatic heterocycles. The molecule has 34 heavy (non-hydrogen) atoms. The van der Waals surface area contributed by atoms with E-state index in [9.17, 15) is 14.7 Å². The lowest BCUT2D eigenvalue weighted by Gasteiger charge is -2.37. The smallest absolute Gasteiger partial charge is 0.449 e. The molecule has 5 aliphatic rings. The lowest BCUT2D eigenvalue weighted by Crippen LogP contribution is -2.34. The van der Waals surface area contributed by atoms with E-state index < -0.39 is 6.16 Å². The second-order valence-corrected chi connectivity index (χ2v) is 11.2. The highest BCUT2D eigenvalue weighted by atomic mass is 32.1. The van der Waals surface area contributed by atoms with Crippen LogP contribution < -0.4 is 5.32 Å². The second-order valence-electron chi connectivity index (χ2n) is 10.1. The Hall–Kier alpha value is -2.68. The largest absolute Gasteiger partial charge is 0.511 e. The molecule has 2 saturated carbocycles. The van der Waals surface area contributed by atoms with Gasteiger partial charge in [-0.05, 0) is 75.2 Å². The van der Waals surface area contributed by atoms with Gasteiger partial charge in [0.1, 0.15) is 10.8 Å². The van der Waals surface area contributed by atoms with Crippen molar-refractivity contribution in [2.45, 2.75) is 77.0 Å². The topological polar surface area (TPSA) is 115 Å². The van der Waals surface area contributed by atoms with Crippen molar-refractivity contribution < 1.29 is 24.0 Å². The Morgan fingerprint density at radius 3 is 2.56 bits per heavy atom. The van der Waals surface area contributed by atoms with Crippen LogP contribution >= 0.6 is 11.3 Å². The molecule has 0 aromatic carbocycles. The zero-order chi connectivity index (χ0) is 23.4. The lowest BCUT2D eigenvalue weighted by atomic mass is 9.70. The normalized spacial score (nSPS) is 25.9. The highest BCUT2D eigenvalue weighted by Crippen LogP contribution is 2.49. The predicted molar refractivity (Wildman–Crippen MR) is 126 cm³/mol. The molecule has 2 heterocycles. The number of amides is 1. The first kappa shape index (κ1) is 21.8. The molecule has 0 unspecified atom stereocenters. The molecule has 9 heteroatoms. The number of ether oxygens (including phenoxy) is 1. The van der Waals surface area contributed by atoms with E-state index in [2.05, 4.69) is 17.4 Å². The molecule has 8 nitrogen and oxygen atoms in total. The van der Waals surface area contributed by atoms with Crippen LogP contribution in [0.25, 0.3) is 11.5 Å². The first-order valence-corrected chi connectivity index (χ1v) is 13.3. The molecule has 2 aromatic rings. The van der Waals surface area contributed by atoms with Gasteiger partial charge in [0.25, 0.3) is 11.8 Å². The van der Waals surface area contributed by atoms with E-state index in [0.717, 1.165) is 80.6 Å². The van der Waals surface area contributed by atoms with Gasteiger partial charge in [-0.1, -0.05) is 18.5 Å². The molecule has 7 rings (SSSR count). The van der Waals surface area contributed by atoms with E-state index in [4.69, 9.17) is 14.2 Å². The zero-order valence-corrected chi connectivity index (χ0v) is 20.1. The number of aromatic nitrogens is 2. The van der Waals surface area contributed by atoms with Gasteiger partial charge in [0.2, 0.25) is 0 Å². The summed E-state index contributed by atoms with van der Waals surface area (Å²) in [5, 5.41) is 17.3. The van der Waals surface area contributed by atoms with E-state index >= 15 is 0 Å². The highest BCUT2D eigenvalue weighted by molar-refractivity contribution is 7.17. The number of rotatable bonds is 6. The number of anilines is 1. The van der Waals surface area contributed by atoms with E-state index in [1.807, 2.05) is 0 Å². The molecule has 2 N–H and O–H groups in total. The summed E-state index contributed by atoms with van der Waals surface area (Å²) < 4.78 is 10.9. The van der Waals surface area contributed by atoms with Gasteiger partial charge in [0, 0.05) is 16.7 Å². The average molecular weight is 484 g/mol. The maximum Gasteiger partial charge on any atom is 0.511 e. The number of allylic oxidation sites excluding steroid dienone is 1. The number of carboxylic acid groups (broad SMARTS) is 1. The maximum absolute atomic E-state index is 13.6. The van der Waals surface area contributed by atoms with Crippen molar-refractivity contribution in [2.24, 2.45) is 17.8 Å². The van der Waals surface area contributed by atoms with E-state index in [0.29, 0.717) is 29.1 Å². The number of nitrogens with zero attached hydrogens (tertiary/aromatic N) is 2. The summed E-state index contributed by atoms with van der Waals surface area (Å²) in [6, 6.07) is 0. The van der Waals surface area contributed by atoms with Gasteiger partial charge in [-0.15, -0.1) is 11.3 Å². The molecule has 0 radical (unpaired) electrons. The third-order valence-electron chi connectivity index (χ3n) is 7.98. The number of carbonyl (C=O) groups excluding carboxylic acids is 1. The molecule has 2 bridgehead atoms. The standard InChI is InChI=1S/C25H29N3O5S/c1-2-12-3-10-16-17(11-12)34-24(19(16)23-26-21(28-33-23)15-8-9-15)27-22(29)18-13-4-6-14(7-5-13)20(18)32-25(30)31/h12-15H,2-11H2,1H3,(H,27,29)(H,30,31)/t12-,13?,14?/m0/s1. The maximum atomic E-state index is 13.6. The number of fused-ring (bicyclic) bond motifs is 3. The summed E-state index contributed by atoms with van der Waals surface area (Å²) >= 11 is 1.60. The Bertz CT molecular complexity index is 1170. The van der Waals surface area contributed by atoms with Crippen LogP contribution in [0, 0.1) is 17.8 Å². The SMILES string of the molecule is CC[C@H]1CCc2c(sc(NC(=O)C3=C(OC(=O)O)C4CCC3CC4)c2-c2nc(C3CC3)no2)C1. The summed E-state index contributed by atoms with van der Waals surface area (Å²) in [6.07, 6.45) is 8.49. The van der Waals surface area contributed by atoms with Gasteiger partial charge in [0.15, 0.2) is 5.82 Å². The summed E-state index contributed by atoms with van der Waals surface area (Å²) in [6.45, 7) is 2.22. The number of nitrogens with one attached hydrogen (secondary N) is 1. The van der Waals surface area contributed by atoms with Gasteiger partial charge in [0.05, 0.1) is 11.1 Å². The van der Waals surface area contributed by atoms with Gasteiger partial charge in [-0.25, -0.2) is 4.79 Å². The Morgan fingerprint density at radius 2 is 1.85 bits per heavy atom. The Kier molecular flexibility index (Phi) is 5.47. The summed E-state index contributed by atoms with van der Waals surface area (Å²) in [7, 11) is 0. The molecule has 0 saturated heterocycles. The van der Waals surface area contributed by atoms with Crippen LogP contribution in [-0.2, 0) is 22.4 Å². The van der Waals surface area contributed by atoms with Crippen molar-refractivity contribution in [3.05, 3.63) is 27.6 Å². The predicted octanol–water partition coefficient (Wildman–Crippen LogP) is 5.90. The van der Waals surface area contributed by atoms with E-state index in [1.54, 1.807) is 11.3 Å². The lowest BCUT2D eigenvalue weighted by molar-refractivity contribution is -0.114. The quantitative estimate of drug-likeness (QED) is 0.492. The Balaban J connectivity index is 1.37. The minimum absolute atomic E-state index is 0.000199. The van der Waals surface area contributed by atoms with Crippen LogP contribution in [0.15, 0.2) is 15.9 Å². The first-order valence-electron chi connectivity index (χ1n) is 12.5. The Morgan fingerprint density at radius 1 is 1.12 bits per heavy atom. The van der Waals surface area contributed by atoms with Crippen molar-refractivity contribution in [2.75, 3.05) is 5.32 Å². The average Bonchev–Trinajstić information content (AvgIpc) is 3.46. The van der Waals surface area contributed by atoms with Crippen LogP contribution in [0.4, 0.5) is 9.80 Å². The van der Waals surface area contributed by atoms with Gasteiger partial charge in [-0.3, -0.25) is 4.79 Å². The molecule has 2 aromatic heterocycles.